The van der Waals surface area contributed by atoms with Crippen molar-refractivity contribution in [2.24, 2.45) is 10.9 Å². The summed E-state index contributed by atoms with van der Waals surface area (Å²) >= 11 is 0. The largest absolute Gasteiger partial charge is 0.356 e. The van der Waals surface area contributed by atoms with Gasteiger partial charge in [-0.3, -0.25) is 14.7 Å². The third kappa shape index (κ3) is 6.46. The van der Waals surface area contributed by atoms with Gasteiger partial charge in [-0.25, -0.2) is 0 Å². The second kappa shape index (κ2) is 11.2. The van der Waals surface area contributed by atoms with Gasteiger partial charge in [-0.1, -0.05) is 37.3 Å². The summed E-state index contributed by atoms with van der Waals surface area (Å²) in [6.45, 7) is 7.76. The predicted octanol–water partition coefficient (Wildman–Crippen LogP) is 2.64. The minimum Gasteiger partial charge on any atom is -0.356 e. The summed E-state index contributed by atoms with van der Waals surface area (Å²) in [6, 6.07) is 11.0. The van der Waals surface area contributed by atoms with Crippen LogP contribution in [0.15, 0.2) is 35.3 Å². The molecule has 2 aliphatic rings. The molecule has 2 atom stereocenters. The van der Waals surface area contributed by atoms with Crippen molar-refractivity contribution in [2.75, 3.05) is 46.3 Å². The molecule has 1 aromatic rings. The minimum atomic E-state index is 0.249. The number of carbonyl (C=O) groups excluding carboxylic acids is 1. The molecule has 2 aliphatic heterocycles. The Morgan fingerprint density at radius 3 is 2.59 bits per heavy atom. The summed E-state index contributed by atoms with van der Waals surface area (Å²) in [7, 11) is 1.79. The lowest BCUT2D eigenvalue weighted by atomic mass is 10.00. The summed E-state index contributed by atoms with van der Waals surface area (Å²) in [6.07, 6.45) is 5.42. The van der Waals surface area contributed by atoms with E-state index in [1.54, 1.807) is 7.05 Å². The average molecular weight is 400 g/mol. The highest BCUT2D eigenvalue weighted by molar-refractivity contribution is 5.81. The molecule has 0 bridgehead atoms. The topological polar surface area (TPSA) is 60.0 Å². The fraction of sp³-hybridized carbons (Fsp3) is 0.652. The number of nitrogens with zero attached hydrogens (tertiary/aromatic N) is 3. The van der Waals surface area contributed by atoms with Crippen LogP contribution in [0.1, 0.15) is 50.6 Å². The van der Waals surface area contributed by atoms with Gasteiger partial charge in [-0.05, 0) is 50.3 Å². The summed E-state index contributed by atoms with van der Waals surface area (Å²) in [5.74, 6) is 1.64. The van der Waals surface area contributed by atoms with Gasteiger partial charge < -0.3 is 15.5 Å². The van der Waals surface area contributed by atoms with Crippen LogP contribution in [0.4, 0.5) is 0 Å². The molecular formula is C23H37N5O. The number of benzene rings is 1. The number of nitrogens with one attached hydrogen (secondary N) is 2. The second-order valence-corrected chi connectivity index (χ2v) is 8.39. The molecular weight excluding hydrogens is 362 g/mol. The fourth-order valence-corrected chi connectivity index (χ4v) is 4.46. The first-order chi connectivity index (χ1) is 14.2. The van der Waals surface area contributed by atoms with E-state index in [1.807, 2.05) is 4.90 Å². The van der Waals surface area contributed by atoms with Crippen molar-refractivity contribution in [3.63, 3.8) is 0 Å². The van der Waals surface area contributed by atoms with Crippen LogP contribution in [0.3, 0.4) is 0 Å². The van der Waals surface area contributed by atoms with Gasteiger partial charge in [0.15, 0.2) is 5.96 Å². The molecule has 2 saturated heterocycles. The Hall–Kier alpha value is -2.08. The van der Waals surface area contributed by atoms with E-state index in [0.29, 0.717) is 24.9 Å². The van der Waals surface area contributed by atoms with Crippen LogP contribution in [-0.2, 0) is 4.79 Å². The number of hydrogen-bond acceptors (Lipinski definition) is 3. The number of guanidine groups is 1. The third-order valence-electron chi connectivity index (χ3n) is 6.09. The fourth-order valence-electron chi connectivity index (χ4n) is 4.46. The molecule has 0 spiro atoms. The third-order valence-corrected chi connectivity index (χ3v) is 6.09. The van der Waals surface area contributed by atoms with E-state index in [2.05, 4.69) is 57.8 Å². The zero-order chi connectivity index (χ0) is 20.5. The maximum atomic E-state index is 12.5. The van der Waals surface area contributed by atoms with Gasteiger partial charge in [0.1, 0.15) is 0 Å². The first-order valence-corrected chi connectivity index (χ1v) is 11.2. The van der Waals surface area contributed by atoms with Crippen molar-refractivity contribution in [1.29, 1.82) is 0 Å². The van der Waals surface area contributed by atoms with Gasteiger partial charge in [0, 0.05) is 39.6 Å². The van der Waals surface area contributed by atoms with E-state index in [-0.39, 0.29) is 5.91 Å². The minimum absolute atomic E-state index is 0.249. The summed E-state index contributed by atoms with van der Waals surface area (Å²) in [5.41, 5.74) is 1.34. The quantitative estimate of drug-likeness (QED) is 0.547. The molecule has 1 aromatic carbocycles. The van der Waals surface area contributed by atoms with Gasteiger partial charge in [0.2, 0.25) is 5.91 Å². The number of amides is 1. The van der Waals surface area contributed by atoms with Gasteiger partial charge in [0.05, 0.1) is 6.04 Å². The number of likely N-dealkylation sites (tertiary alicyclic amines) is 2. The van der Waals surface area contributed by atoms with Crippen LogP contribution in [0.5, 0.6) is 0 Å². The molecule has 0 saturated carbocycles. The van der Waals surface area contributed by atoms with Gasteiger partial charge in [0.25, 0.3) is 0 Å². The van der Waals surface area contributed by atoms with Crippen molar-refractivity contribution in [1.82, 2.24) is 20.4 Å². The van der Waals surface area contributed by atoms with Crippen molar-refractivity contribution in [3.8, 4) is 0 Å². The van der Waals surface area contributed by atoms with Crippen LogP contribution in [0.25, 0.3) is 0 Å². The number of piperidine rings is 1. The molecule has 6 heteroatoms. The predicted molar refractivity (Wildman–Crippen MR) is 119 cm³/mol. The van der Waals surface area contributed by atoms with Crippen LogP contribution >= 0.6 is 0 Å². The molecule has 160 valence electrons. The van der Waals surface area contributed by atoms with E-state index in [9.17, 15) is 4.79 Å². The van der Waals surface area contributed by atoms with E-state index in [0.717, 1.165) is 45.1 Å². The Balaban J connectivity index is 1.46. The number of rotatable bonds is 7. The second-order valence-electron chi connectivity index (χ2n) is 8.39. The monoisotopic (exact) mass is 399 g/mol. The van der Waals surface area contributed by atoms with Crippen molar-refractivity contribution in [3.05, 3.63) is 35.9 Å². The Kier molecular flexibility index (Phi) is 8.35. The van der Waals surface area contributed by atoms with Gasteiger partial charge in [-0.2, -0.15) is 0 Å². The summed E-state index contributed by atoms with van der Waals surface area (Å²) < 4.78 is 0. The van der Waals surface area contributed by atoms with E-state index >= 15 is 0 Å². The van der Waals surface area contributed by atoms with E-state index in [1.165, 1.54) is 24.8 Å². The maximum absolute atomic E-state index is 12.5. The lowest BCUT2D eigenvalue weighted by molar-refractivity contribution is -0.132. The normalized spacial score (nSPS) is 21.8. The zero-order valence-electron chi connectivity index (χ0n) is 18.1. The molecule has 2 heterocycles. The smallest absolute Gasteiger partial charge is 0.224 e. The van der Waals surface area contributed by atoms with Crippen molar-refractivity contribution in [2.45, 2.75) is 45.1 Å². The highest BCUT2D eigenvalue weighted by Gasteiger charge is 2.24. The molecule has 2 unspecified atom stereocenters. The highest BCUT2D eigenvalue weighted by atomic mass is 16.2. The van der Waals surface area contributed by atoms with Crippen LogP contribution < -0.4 is 10.6 Å². The van der Waals surface area contributed by atoms with Crippen LogP contribution in [0, 0.1) is 5.92 Å². The first-order valence-electron chi connectivity index (χ1n) is 11.2. The number of hydrogen-bond donors (Lipinski definition) is 2. The molecule has 2 fully saturated rings. The molecule has 29 heavy (non-hydrogen) atoms. The number of carbonyl (C=O) groups is 1. The van der Waals surface area contributed by atoms with Crippen molar-refractivity contribution < 1.29 is 4.79 Å². The molecule has 1 amide bonds. The molecule has 2 N–H and O–H groups in total. The molecule has 0 radical (unpaired) electrons. The molecule has 3 rings (SSSR count). The van der Waals surface area contributed by atoms with Crippen LogP contribution in [0.2, 0.25) is 0 Å². The summed E-state index contributed by atoms with van der Waals surface area (Å²) in [4.78, 5) is 21.4. The molecule has 6 nitrogen and oxygen atoms in total. The lowest BCUT2D eigenvalue weighted by Gasteiger charge is -2.31. The van der Waals surface area contributed by atoms with E-state index in [4.69, 9.17) is 0 Å². The highest BCUT2D eigenvalue weighted by Crippen LogP contribution is 2.24. The average Bonchev–Trinajstić information content (AvgIpc) is 3.28. The Morgan fingerprint density at radius 1 is 1.14 bits per heavy atom. The molecule has 0 aromatic heterocycles. The summed E-state index contributed by atoms with van der Waals surface area (Å²) in [5, 5.41) is 6.80. The zero-order valence-corrected chi connectivity index (χ0v) is 18.1. The van der Waals surface area contributed by atoms with E-state index < -0.39 is 0 Å². The molecule has 0 aliphatic carbocycles. The Labute approximate surface area is 175 Å². The van der Waals surface area contributed by atoms with Crippen LogP contribution in [-0.4, -0.2) is 68.0 Å². The first kappa shape index (κ1) is 21.6. The maximum Gasteiger partial charge on any atom is 0.224 e. The van der Waals surface area contributed by atoms with Gasteiger partial charge in [-0.15, -0.1) is 0 Å². The lowest BCUT2D eigenvalue weighted by Crippen LogP contribution is -2.44. The SMILES string of the molecule is CN=C(NCCC(=O)N1CCCC(C)C1)NCC(c1ccccc1)N1CCCC1. The Bertz CT molecular complexity index is 656. The van der Waals surface area contributed by atoms with Crippen molar-refractivity contribution >= 4 is 11.9 Å². The van der Waals surface area contributed by atoms with Gasteiger partial charge >= 0.3 is 0 Å². The number of aliphatic imine (C=N–C) groups is 1. The Morgan fingerprint density at radius 2 is 1.90 bits per heavy atom. The standard InChI is InChI=1S/C23H37N5O/c1-19-9-8-16-28(18-19)22(29)12-13-25-23(24-2)26-17-21(27-14-6-7-15-27)20-10-4-3-5-11-20/h3-5,10-11,19,21H,6-9,12-18H2,1-2H3,(H2,24,25,26).